The number of nitrogens with zero attached hydrogens (tertiary/aromatic N) is 5. The van der Waals surface area contributed by atoms with Crippen LogP contribution in [0.4, 0.5) is 17.6 Å². The molecule has 0 N–H and O–H groups in total. The van der Waals surface area contributed by atoms with Crippen LogP contribution < -0.4 is 0 Å². The summed E-state index contributed by atoms with van der Waals surface area (Å²) >= 11 is 5.95. The van der Waals surface area contributed by atoms with E-state index in [2.05, 4.69) is 20.2 Å². The Labute approximate surface area is 132 Å². The first kappa shape index (κ1) is 15.6. The summed E-state index contributed by atoms with van der Waals surface area (Å²) in [6, 6.07) is 2.97. The fourth-order valence-corrected chi connectivity index (χ4v) is 2.29. The van der Waals surface area contributed by atoms with Gasteiger partial charge in [-0.05, 0) is 12.1 Å². The van der Waals surface area contributed by atoms with Crippen molar-refractivity contribution >= 4 is 17.2 Å². The Hall–Kier alpha value is -2.29. The molecule has 3 rings (SSSR count). The molecule has 0 atom stereocenters. The van der Waals surface area contributed by atoms with Crippen LogP contribution in [0.25, 0.3) is 16.9 Å². The minimum atomic E-state index is -3.53. The summed E-state index contributed by atoms with van der Waals surface area (Å²) in [5.74, 6) is -3.53. The molecule has 5 nitrogen and oxygen atoms in total. The molecule has 0 saturated carbocycles. The Bertz CT molecular complexity index is 874. The lowest BCUT2D eigenvalue weighted by molar-refractivity contribution is 0.00648. The van der Waals surface area contributed by atoms with Crippen LogP contribution in [0.2, 0.25) is 5.15 Å². The Balaban J connectivity index is 2.22. The maximum Gasteiger partial charge on any atom is 0.288 e. The van der Waals surface area contributed by atoms with Crippen molar-refractivity contribution in [2.24, 2.45) is 0 Å². The Morgan fingerprint density at radius 1 is 1.26 bits per heavy atom. The Morgan fingerprint density at radius 2 is 2.00 bits per heavy atom. The molecule has 10 heteroatoms. The maximum absolute atomic E-state index is 13.4. The first-order chi connectivity index (χ1) is 10.8. The molecule has 0 amide bonds. The number of pyridine rings is 1. The largest absolute Gasteiger partial charge is 0.288 e. The van der Waals surface area contributed by atoms with E-state index in [9.17, 15) is 17.6 Å². The van der Waals surface area contributed by atoms with Gasteiger partial charge in [0.2, 0.25) is 0 Å². The number of hydrogen-bond acceptors (Lipinski definition) is 4. The Morgan fingerprint density at radius 3 is 2.65 bits per heavy atom. The first-order valence-electron chi connectivity index (χ1n) is 6.31. The molecule has 23 heavy (non-hydrogen) atoms. The van der Waals surface area contributed by atoms with E-state index in [4.69, 9.17) is 11.6 Å². The second-order valence-electron chi connectivity index (χ2n) is 4.77. The van der Waals surface area contributed by atoms with Gasteiger partial charge in [-0.25, -0.2) is 13.8 Å². The van der Waals surface area contributed by atoms with E-state index in [1.807, 2.05) is 0 Å². The van der Waals surface area contributed by atoms with E-state index in [0.29, 0.717) is 17.6 Å². The van der Waals surface area contributed by atoms with Crippen molar-refractivity contribution < 1.29 is 17.6 Å². The molecule has 0 aliphatic rings. The molecule has 3 aromatic heterocycles. The third-order valence-electron chi connectivity index (χ3n) is 3.10. The molecule has 0 fully saturated rings. The predicted molar refractivity (Wildman–Crippen MR) is 73.5 cm³/mol. The van der Waals surface area contributed by atoms with Crippen LogP contribution in [-0.4, -0.2) is 24.6 Å². The zero-order valence-electron chi connectivity index (χ0n) is 11.5. The zero-order chi connectivity index (χ0) is 16.8. The van der Waals surface area contributed by atoms with Gasteiger partial charge in [-0.1, -0.05) is 11.6 Å². The molecule has 0 bridgehead atoms. The molecular weight excluding hydrogens is 338 g/mol. The van der Waals surface area contributed by atoms with E-state index in [1.165, 1.54) is 22.9 Å². The van der Waals surface area contributed by atoms with Crippen LogP contribution in [0.3, 0.4) is 0 Å². The summed E-state index contributed by atoms with van der Waals surface area (Å²) in [6.07, 6.45) is -0.863. The zero-order valence-corrected chi connectivity index (χ0v) is 12.3. The van der Waals surface area contributed by atoms with Crippen LogP contribution in [0.1, 0.15) is 24.7 Å². The normalized spacial score (nSPS) is 12.3. The molecule has 0 aliphatic heterocycles. The van der Waals surface area contributed by atoms with E-state index in [-0.39, 0.29) is 11.3 Å². The highest BCUT2D eigenvalue weighted by molar-refractivity contribution is 6.29. The average Bonchev–Trinajstić information content (AvgIpc) is 2.96. The van der Waals surface area contributed by atoms with Crippen molar-refractivity contribution in [3.05, 3.63) is 41.2 Å². The third-order valence-corrected chi connectivity index (χ3v) is 3.41. The maximum atomic E-state index is 13.4. The number of halogens is 5. The monoisotopic (exact) mass is 345 g/mol. The fourth-order valence-electron chi connectivity index (χ4n) is 2.11. The third kappa shape index (κ3) is 2.72. The smallest absolute Gasteiger partial charge is 0.271 e. The number of rotatable bonds is 3. The van der Waals surface area contributed by atoms with Gasteiger partial charge >= 0.3 is 0 Å². The second kappa shape index (κ2) is 5.41. The molecular formula is C13H8ClF4N5. The molecule has 0 unspecified atom stereocenters. The van der Waals surface area contributed by atoms with Crippen molar-refractivity contribution in [2.75, 3.05) is 0 Å². The SMILES string of the molecule is CC(F)(F)c1ncc(-c2ccc(Cl)n3cnnc23)nc1C(F)F. The lowest BCUT2D eigenvalue weighted by Gasteiger charge is -2.14. The molecule has 3 aromatic rings. The van der Waals surface area contributed by atoms with Crippen molar-refractivity contribution in [3.8, 4) is 11.3 Å². The molecule has 0 aromatic carbocycles. The van der Waals surface area contributed by atoms with Crippen molar-refractivity contribution in [1.82, 2.24) is 24.6 Å². The van der Waals surface area contributed by atoms with Gasteiger partial charge in [0.15, 0.2) is 5.65 Å². The number of hydrogen-bond donors (Lipinski definition) is 0. The minimum Gasteiger partial charge on any atom is -0.271 e. The number of alkyl halides is 4. The van der Waals surface area contributed by atoms with Crippen LogP contribution in [0, 0.1) is 0 Å². The fraction of sp³-hybridized carbons (Fsp3) is 0.231. The summed E-state index contributed by atoms with van der Waals surface area (Å²) in [7, 11) is 0. The molecule has 0 spiro atoms. The highest BCUT2D eigenvalue weighted by Gasteiger charge is 2.34. The molecule has 0 radical (unpaired) electrons. The van der Waals surface area contributed by atoms with Gasteiger partial charge in [0.1, 0.15) is 22.9 Å². The summed E-state index contributed by atoms with van der Waals surface area (Å²) in [5, 5.41) is 7.80. The van der Waals surface area contributed by atoms with Crippen LogP contribution in [0.15, 0.2) is 24.7 Å². The topological polar surface area (TPSA) is 56.0 Å². The molecule has 0 saturated heterocycles. The van der Waals surface area contributed by atoms with Gasteiger partial charge in [-0.15, -0.1) is 10.2 Å². The molecule has 0 aliphatic carbocycles. The molecule has 3 heterocycles. The summed E-state index contributed by atoms with van der Waals surface area (Å²) in [4.78, 5) is 7.13. The summed E-state index contributed by atoms with van der Waals surface area (Å²) < 4.78 is 54.3. The highest BCUT2D eigenvalue weighted by atomic mass is 35.5. The lowest BCUT2D eigenvalue weighted by Crippen LogP contribution is -2.15. The van der Waals surface area contributed by atoms with Gasteiger partial charge in [0.25, 0.3) is 12.3 Å². The van der Waals surface area contributed by atoms with Crippen LogP contribution in [-0.2, 0) is 5.92 Å². The predicted octanol–water partition coefficient (Wildman–Crippen LogP) is 3.89. The second-order valence-corrected chi connectivity index (χ2v) is 5.16. The van der Waals surface area contributed by atoms with Crippen molar-refractivity contribution in [1.29, 1.82) is 0 Å². The van der Waals surface area contributed by atoms with Crippen LogP contribution >= 0.6 is 11.6 Å². The summed E-state index contributed by atoms with van der Waals surface area (Å²) in [6.45, 7) is 0.488. The Kier molecular flexibility index (Phi) is 3.67. The van der Waals surface area contributed by atoms with Gasteiger partial charge in [0, 0.05) is 12.5 Å². The quantitative estimate of drug-likeness (QED) is 0.534. The van der Waals surface area contributed by atoms with E-state index in [1.54, 1.807) is 0 Å². The highest BCUT2D eigenvalue weighted by Crippen LogP contribution is 2.34. The lowest BCUT2D eigenvalue weighted by atomic mass is 10.1. The first-order valence-corrected chi connectivity index (χ1v) is 6.69. The number of aromatic nitrogens is 5. The van der Waals surface area contributed by atoms with Gasteiger partial charge in [-0.2, -0.15) is 8.78 Å². The van der Waals surface area contributed by atoms with E-state index < -0.39 is 23.7 Å². The number of fused-ring (bicyclic) bond motifs is 1. The van der Waals surface area contributed by atoms with E-state index >= 15 is 0 Å². The van der Waals surface area contributed by atoms with Crippen molar-refractivity contribution in [3.63, 3.8) is 0 Å². The standard InChI is InChI=1S/C13H8ClF4N5/c1-13(17,18)10-9(11(15)16)21-7(4-19-10)6-2-3-8(14)23-5-20-22-12(6)23/h2-5,11H,1H3. The summed E-state index contributed by atoms with van der Waals surface area (Å²) in [5.41, 5.74) is -1.59. The van der Waals surface area contributed by atoms with Gasteiger partial charge in [0.05, 0.1) is 11.9 Å². The van der Waals surface area contributed by atoms with Gasteiger partial charge in [-0.3, -0.25) is 9.38 Å². The minimum absolute atomic E-state index is 0.0250. The van der Waals surface area contributed by atoms with Crippen molar-refractivity contribution in [2.45, 2.75) is 19.3 Å². The average molecular weight is 346 g/mol. The van der Waals surface area contributed by atoms with E-state index in [0.717, 1.165) is 6.20 Å². The van der Waals surface area contributed by atoms with Crippen LogP contribution in [0.5, 0.6) is 0 Å². The molecule has 120 valence electrons. The van der Waals surface area contributed by atoms with Gasteiger partial charge < -0.3 is 0 Å².